The fourth-order valence-corrected chi connectivity index (χ4v) is 4.38. The average Bonchev–Trinajstić information content (AvgIpc) is 2.57. The number of nitrogens with zero attached hydrogens (tertiary/aromatic N) is 1. The Balaban J connectivity index is 2.63. The topological polar surface area (TPSA) is 12.9 Å². The summed E-state index contributed by atoms with van der Waals surface area (Å²) in [5.74, 6) is 1.27. The molecule has 0 spiro atoms. The highest BCUT2D eigenvalue weighted by Gasteiger charge is 2.35. The molecule has 0 saturated carbocycles. The van der Waals surface area contributed by atoms with Gasteiger partial charge in [-0.15, -0.1) is 11.8 Å². The van der Waals surface area contributed by atoms with E-state index < -0.39 is 0 Å². The maximum absolute atomic E-state index is 4.60. The van der Waals surface area contributed by atoms with Gasteiger partial charge in [-0.25, -0.2) is 0 Å². The SMILES string of the molecule is Cc1ncc(C(C)C)c2c1[C@H](C)SC2C(C)C. The molecule has 94 valence electrons. The van der Waals surface area contributed by atoms with E-state index in [1.165, 1.54) is 16.8 Å². The van der Waals surface area contributed by atoms with E-state index in [0.29, 0.717) is 22.3 Å². The zero-order valence-corrected chi connectivity index (χ0v) is 12.6. The minimum atomic E-state index is 0.573. The van der Waals surface area contributed by atoms with Crippen LogP contribution >= 0.6 is 11.8 Å². The summed E-state index contributed by atoms with van der Waals surface area (Å²) < 4.78 is 0. The second-order valence-electron chi connectivity index (χ2n) is 5.72. The maximum Gasteiger partial charge on any atom is 0.0419 e. The summed E-state index contributed by atoms with van der Waals surface area (Å²) in [6.07, 6.45) is 2.10. The Morgan fingerprint density at radius 1 is 1.18 bits per heavy atom. The average molecular weight is 249 g/mol. The Bertz CT molecular complexity index is 423. The van der Waals surface area contributed by atoms with Crippen molar-refractivity contribution < 1.29 is 0 Å². The molecule has 1 unspecified atom stereocenters. The fraction of sp³-hybridized carbons (Fsp3) is 0.667. The molecule has 0 N–H and O–H groups in total. The van der Waals surface area contributed by atoms with Crippen LogP contribution in [0, 0.1) is 12.8 Å². The van der Waals surface area contributed by atoms with E-state index in [4.69, 9.17) is 0 Å². The van der Waals surface area contributed by atoms with Gasteiger partial charge in [-0.2, -0.15) is 0 Å². The molecule has 0 radical (unpaired) electrons. The third-order valence-electron chi connectivity index (χ3n) is 3.66. The number of thioether (sulfide) groups is 1. The first-order valence-electron chi connectivity index (χ1n) is 6.58. The first-order valence-corrected chi connectivity index (χ1v) is 7.52. The van der Waals surface area contributed by atoms with Crippen molar-refractivity contribution in [3.63, 3.8) is 0 Å². The van der Waals surface area contributed by atoms with Crippen molar-refractivity contribution in [3.8, 4) is 0 Å². The van der Waals surface area contributed by atoms with Crippen LogP contribution < -0.4 is 0 Å². The number of hydrogen-bond donors (Lipinski definition) is 0. The lowest BCUT2D eigenvalue weighted by molar-refractivity contribution is 0.626. The van der Waals surface area contributed by atoms with E-state index in [1.807, 2.05) is 0 Å². The number of rotatable bonds is 2. The Morgan fingerprint density at radius 3 is 2.35 bits per heavy atom. The minimum absolute atomic E-state index is 0.573. The van der Waals surface area contributed by atoms with Crippen molar-refractivity contribution in [1.82, 2.24) is 4.98 Å². The molecule has 0 aromatic carbocycles. The molecule has 0 saturated heterocycles. The molecule has 0 fully saturated rings. The summed E-state index contributed by atoms with van der Waals surface area (Å²) in [6.45, 7) is 13.7. The third kappa shape index (κ3) is 2.12. The first kappa shape index (κ1) is 12.9. The lowest BCUT2D eigenvalue weighted by Gasteiger charge is -2.20. The number of fused-ring (bicyclic) bond motifs is 1. The van der Waals surface area contributed by atoms with Gasteiger partial charge in [0.2, 0.25) is 0 Å². The summed E-state index contributed by atoms with van der Waals surface area (Å²) in [5, 5.41) is 1.25. The molecule has 1 aromatic rings. The second kappa shape index (κ2) is 4.64. The molecular formula is C15H23NS. The van der Waals surface area contributed by atoms with E-state index >= 15 is 0 Å². The van der Waals surface area contributed by atoms with Gasteiger partial charge in [0.15, 0.2) is 0 Å². The van der Waals surface area contributed by atoms with E-state index in [1.54, 1.807) is 5.56 Å². The van der Waals surface area contributed by atoms with Crippen LogP contribution in [-0.2, 0) is 0 Å². The van der Waals surface area contributed by atoms with Crippen LogP contribution in [0.1, 0.15) is 73.4 Å². The van der Waals surface area contributed by atoms with E-state index in [9.17, 15) is 0 Å². The van der Waals surface area contributed by atoms with Gasteiger partial charge in [0.1, 0.15) is 0 Å². The Hall–Kier alpha value is -0.500. The van der Waals surface area contributed by atoms with Crippen molar-refractivity contribution in [2.24, 2.45) is 5.92 Å². The first-order chi connectivity index (χ1) is 7.93. The molecule has 1 aliphatic rings. The van der Waals surface area contributed by atoms with E-state index in [0.717, 1.165) is 0 Å². The third-order valence-corrected chi connectivity index (χ3v) is 5.37. The smallest absolute Gasteiger partial charge is 0.0419 e. The van der Waals surface area contributed by atoms with Crippen LogP contribution in [-0.4, -0.2) is 4.98 Å². The van der Waals surface area contributed by atoms with Crippen molar-refractivity contribution in [1.29, 1.82) is 0 Å². The predicted octanol–water partition coefficient (Wildman–Crippen LogP) is 5.02. The monoisotopic (exact) mass is 249 g/mol. The number of hydrogen-bond acceptors (Lipinski definition) is 2. The zero-order valence-electron chi connectivity index (χ0n) is 11.7. The van der Waals surface area contributed by atoms with Crippen molar-refractivity contribution >= 4 is 11.8 Å². The lowest BCUT2D eigenvalue weighted by Crippen LogP contribution is -2.07. The molecule has 1 aromatic heterocycles. The maximum atomic E-state index is 4.60. The number of pyridine rings is 1. The summed E-state index contributed by atoms with van der Waals surface area (Å²) >= 11 is 2.11. The largest absolute Gasteiger partial charge is 0.261 e. The summed E-state index contributed by atoms with van der Waals surface area (Å²) in [5.41, 5.74) is 5.80. The molecule has 2 heterocycles. The highest BCUT2D eigenvalue weighted by atomic mass is 32.2. The standard InChI is InChI=1S/C15H23NS/c1-8(2)12-7-16-10(5)13-11(6)17-15(9(3)4)14(12)13/h7-9,11,15H,1-6H3/t11-,15?/m0/s1. The lowest BCUT2D eigenvalue weighted by atomic mass is 9.88. The van der Waals surface area contributed by atoms with Crippen LogP contribution in [0.4, 0.5) is 0 Å². The molecule has 2 heteroatoms. The molecule has 0 aliphatic carbocycles. The van der Waals surface area contributed by atoms with Gasteiger partial charge < -0.3 is 0 Å². The second-order valence-corrected chi connectivity index (χ2v) is 7.21. The zero-order chi connectivity index (χ0) is 12.7. The summed E-state index contributed by atoms with van der Waals surface area (Å²) in [4.78, 5) is 4.60. The van der Waals surface area contributed by atoms with Crippen LogP contribution in [0.5, 0.6) is 0 Å². The summed E-state index contributed by atoms with van der Waals surface area (Å²) in [6, 6.07) is 0. The molecule has 1 nitrogen and oxygen atoms in total. The molecule has 1 aliphatic heterocycles. The molecule has 2 rings (SSSR count). The van der Waals surface area contributed by atoms with Crippen LogP contribution in [0.2, 0.25) is 0 Å². The number of aromatic nitrogens is 1. The van der Waals surface area contributed by atoms with Gasteiger partial charge in [0.05, 0.1) is 0 Å². The molecular weight excluding hydrogens is 226 g/mol. The van der Waals surface area contributed by atoms with E-state index in [2.05, 4.69) is 64.5 Å². The molecule has 0 bridgehead atoms. The van der Waals surface area contributed by atoms with Gasteiger partial charge in [-0.05, 0) is 42.4 Å². The van der Waals surface area contributed by atoms with Crippen molar-refractivity contribution in [2.45, 2.75) is 58.0 Å². The summed E-state index contributed by atoms with van der Waals surface area (Å²) in [7, 11) is 0. The molecule has 2 atom stereocenters. The highest BCUT2D eigenvalue weighted by molar-refractivity contribution is 8.00. The van der Waals surface area contributed by atoms with Gasteiger partial charge in [0, 0.05) is 22.4 Å². The van der Waals surface area contributed by atoms with Gasteiger partial charge in [0.25, 0.3) is 0 Å². The van der Waals surface area contributed by atoms with Gasteiger partial charge >= 0.3 is 0 Å². The minimum Gasteiger partial charge on any atom is -0.261 e. The molecule has 17 heavy (non-hydrogen) atoms. The number of aryl methyl sites for hydroxylation is 1. The Labute approximate surface area is 109 Å². The van der Waals surface area contributed by atoms with Gasteiger partial charge in [-0.3, -0.25) is 4.98 Å². The van der Waals surface area contributed by atoms with Crippen LogP contribution in [0.15, 0.2) is 6.20 Å². The van der Waals surface area contributed by atoms with Crippen molar-refractivity contribution in [3.05, 3.63) is 28.6 Å². The van der Waals surface area contributed by atoms with Crippen LogP contribution in [0.25, 0.3) is 0 Å². The Morgan fingerprint density at radius 2 is 1.82 bits per heavy atom. The quantitative estimate of drug-likeness (QED) is 0.730. The fourth-order valence-electron chi connectivity index (χ4n) is 2.79. The van der Waals surface area contributed by atoms with Crippen molar-refractivity contribution in [2.75, 3.05) is 0 Å². The normalized spacial score (nSPS) is 23.5. The molecule has 0 amide bonds. The highest BCUT2D eigenvalue weighted by Crippen LogP contribution is 2.55. The van der Waals surface area contributed by atoms with Gasteiger partial charge in [-0.1, -0.05) is 27.7 Å². The van der Waals surface area contributed by atoms with Crippen LogP contribution in [0.3, 0.4) is 0 Å². The van der Waals surface area contributed by atoms with E-state index in [-0.39, 0.29) is 0 Å². The predicted molar refractivity (Wildman–Crippen MR) is 76.6 cm³/mol. The Kier molecular flexibility index (Phi) is 3.53.